The van der Waals surface area contributed by atoms with Crippen LogP contribution in [-0.2, 0) is 0 Å². The second-order valence-corrected chi connectivity index (χ2v) is 1.85. The standard InChI is InChI=1S/C7H12N2O/c1-4-6(5-2)9-7(10)8-3/h1,6H,5H2,2-3H3,(H2,8,9,10). The van der Waals surface area contributed by atoms with Crippen molar-refractivity contribution in [2.24, 2.45) is 0 Å². The molecule has 0 saturated carbocycles. The van der Waals surface area contributed by atoms with Crippen LogP contribution >= 0.6 is 0 Å². The Labute approximate surface area is 61.2 Å². The molecule has 0 radical (unpaired) electrons. The van der Waals surface area contributed by atoms with Crippen molar-refractivity contribution in [1.29, 1.82) is 0 Å². The van der Waals surface area contributed by atoms with E-state index >= 15 is 0 Å². The van der Waals surface area contributed by atoms with E-state index in [4.69, 9.17) is 6.42 Å². The summed E-state index contributed by atoms with van der Waals surface area (Å²) in [4.78, 5) is 10.6. The molecule has 0 saturated heterocycles. The quantitative estimate of drug-likeness (QED) is 0.533. The molecule has 0 heterocycles. The molecule has 2 N–H and O–H groups in total. The van der Waals surface area contributed by atoms with Crippen molar-refractivity contribution in [2.45, 2.75) is 19.4 Å². The zero-order valence-electron chi connectivity index (χ0n) is 6.27. The Balaban J connectivity index is 3.66. The van der Waals surface area contributed by atoms with Crippen molar-refractivity contribution in [3.8, 4) is 12.3 Å². The summed E-state index contributed by atoms with van der Waals surface area (Å²) in [6.07, 6.45) is 5.85. The summed E-state index contributed by atoms with van der Waals surface area (Å²) < 4.78 is 0. The molecule has 0 fully saturated rings. The van der Waals surface area contributed by atoms with E-state index in [1.165, 1.54) is 0 Å². The lowest BCUT2D eigenvalue weighted by Gasteiger charge is -2.08. The highest BCUT2D eigenvalue weighted by molar-refractivity contribution is 5.74. The molecule has 2 amide bonds. The van der Waals surface area contributed by atoms with Gasteiger partial charge in [-0.25, -0.2) is 4.79 Å². The van der Waals surface area contributed by atoms with Gasteiger partial charge in [-0.15, -0.1) is 6.42 Å². The van der Waals surface area contributed by atoms with Crippen LogP contribution in [0.2, 0.25) is 0 Å². The maximum Gasteiger partial charge on any atom is 0.315 e. The number of carbonyl (C=O) groups excluding carboxylic acids is 1. The van der Waals surface area contributed by atoms with Gasteiger partial charge in [-0.1, -0.05) is 12.8 Å². The van der Waals surface area contributed by atoms with Gasteiger partial charge in [-0.2, -0.15) is 0 Å². The van der Waals surface area contributed by atoms with E-state index in [0.717, 1.165) is 6.42 Å². The zero-order valence-corrected chi connectivity index (χ0v) is 6.27. The molecular formula is C7H12N2O. The lowest BCUT2D eigenvalue weighted by Crippen LogP contribution is -2.39. The smallest absolute Gasteiger partial charge is 0.315 e. The molecule has 0 aromatic rings. The minimum absolute atomic E-state index is 0.153. The zero-order chi connectivity index (χ0) is 7.98. The molecule has 1 atom stereocenters. The van der Waals surface area contributed by atoms with E-state index in [-0.39, 0.29) is 12.1 Å². The summed E-state index contributed by atoms with van der Waals surface area (Å²) in [5.41, 5.74) is 0. The maximum absolute atomic E-state index is 10.6. The van der Waals surface area contributed by atoms with Crippen LogP contribution in [0.1, 0.15) is 13.3 Å². The minimum atomic E-state index is -0.232. The van der Waals surface area contributed by atoms with E-state index in [1.807, 2.05) is 6.92 Å². The minimum Gasteiger partial charge on any atom is -0.341 e. The van der Waals surface area contributed by atoms with Crippen LogP contribution in [0.25, 0.3) is 0 Å². The predicted molar refractivity (Wildman–Crippen MR) is 40.5 cm³/mol. The Kier molecular flexibility index (Phi) is 4.14. The molecule has 3 heteroatoms. The Hall–Kier alpha value is -1.17. The highest BCUT2D eigenvalue weighted by atomic mass is 16.2. The van der Waals surface area contributed by atoms with Gasteiger partial charge in [0.15, 0.2) is 0 Å². The maximum atomic E-state index is 10.6. The molecule has 0 bridgehead atoms. The normalized spacial score (nSPS) is 11.3. The predicted octanol–water partition coefficient (Wildman–Crippen LogP) is 0.327. The van der Waals surface area contributed by atoms with E-state index < -0.39 is 0 Å². The van der Waals surface area contributed by atoms with Crippen LogP contribution in [0.5, 0.6) is 0 Å². The lowest BCUT2D eigenvalue weighted by atomic mass is 10.2. The Morgan fingerprint density at radius 2 is 2.40 bits per heavy atom. The van der Waals surface area contributed by atoms with Gasteiger partial charge in [0.25, 0.3) is 0 Å². The third kappa shape index (κ3) is 2.98. The van der Waals surface area contributed by atoms with Gasteiger partial charge in [0.1, 0.15) is 0 Å². The molecule has 10 heavy (non-hydrogen) atoms. The number of urea groups is 1. The van der Waals surface area contributed by atoms with Gasteiger partial charge in [0.2, 0.25) is 0 Å². The highest BCUT2D eigenvalue weighted by Crippen LogP contribution is 1.85. The molecule has 0 spiro atoms. The van der Waals surface area contributed by atoms with Crippen LogP contribution in [-0.4, -0.2) is 19.1 Å². The first-order valence-electron chi connectivity index (χ1n) is 3.19. The van der Waals surface area contributed by atoms with E-state index in [2.05, 4.69) is 16.6 Å². The number of nitrogens with one attached hydrogen (secondary N) is 2. The molecule has 3 nitrogen and oxygen atoms in total. The van der Waals surface area contributed by atoms with Crippen molar-refractivity contribution in [3.63, 3.8) is 0 Å². The van der Waals surface area contributed by atoms with Gasteiger partial charge >= 0.3 is 6.03 Å². The topological polar surface area (TPSA) is 41.1 Å². The van der Waals surface area contributed by atoms with Crippen LogP contribution < -0.4 is 10.6 Å². The average Bonchev–Trinajstić information content (AvgIpc) is 1.99. The van der Waals surface area contributed by atoms with Crippen LogP contribution in [0.3, 0.4) is 0 Å². The second-order valence-electron chi connectivity index (χ2n) is 1.85. The van der Waals surface area contributed by atoms with Gasteiger partial charge in [0.05, 0.1) is 6.04 Å². The van der Waals surface area contributed by atoms with Crippen molar-refractivity contribution in [3.05, 3.63) is 0 Å². The first kappa shape index (κ1) is 8.83. The average molecular weight is 140 g/mol. The van der Waals surface area contributed by atoms with E-state index in [1.54, 1.807) is 7.05 Å². The molecule has 0 aliphatic carbocycles. The summed E-state index contributed by atoms with van der Waals surface area (Å²) >= 11 is 0. The van der Waals surface area contributed by atoms with Gasteiger partial charge in [-0.05, 0) is 6.42 Å². The summed E-state index contributed by atoms with van der Waals surface area (Å²) in [7, 11) is 1.55. The molecule has 0 aromatic carbocycles. The Morgan fingerprint density at radius 3 is 2.70 bits per heavy atom. The first-order valence-corrected chi connectivity index (χ1v) is 3.19. The van der Waals surface area contributed by atoms with E-state index in [9.17, 15) is 4.79 Å². The summed E-state index contributed by atoms with van der Waals surface area (Å²) in [5, 5.41) is 5.00. The van der Waals surface area contributed by atoms with Gasteiger partial charge in [0, 0.05) is 7.05 Å². The molecule has 0 rings (SSSR count). The van der Waals surface area contributed by atoms with Crippen molar-refractivity contribution < 1.29 is 4.79 Å². The molecule has 1 unspecified atom stereocenters. The number of hydrogen-bond acceptors (Lipinski definition) is 1. The molecular weight excluding hydrogens is 128 g/mol. The van der Waals surface area contributed by atoms with E-state index in [0.29, 0.717) is 0 Å². The van der Waals surface area contributed by atoms with Gasteiger partial charge in [-0.3, -0.25) is 0 Å². The second kappa shape index (κ2) is 4.68. The van der Waals surface area contributed by atoms with Gasteiger partial charge < -0.3 is 10.6 Å². The van der Waals surface area contributed by atoms with Crippen LogP contribution in [0.4, 0.5) is 4.79 Å². The number of amides is 2. The van der Waals surface area contributed by atoms with Crippen molar-refractivity contribution in [1.82, 2.24) is 10.6 Å². The number of terminal acetylenes is 1. The number of hydrogen-bond donors (Lipinski definition) is 2. The summed E-state index contributed by atoms with van der Waals surface area (Å²) in [6.45, 7) is 1.92. The largest absolute Gasteiger partial charge is 0.341 e. The SMILES string of the molecule is C#CC(CC)NC(=O)NC. The third-order valence-corrected chi connectivity index (χ3v) is 1.14. The van der Waals surface area contributed by atoms with Crippen molar-refractivity contribution in [2.75, 3.05) is 7.05 Å². The first-order chi connectivity index (χ1) is 4.74. The number of carbonyl (C=O) groups is 1. The highest BCUT2D eigenvalue weighted by Gasteiger charge is 2.02. The lowest BCUT2D eigenvalue weighted by molar-refractivity contribution is 0.241. The Morgan fingerprint density at radius 1 is 1.80 bits per heavy atom. The summed E-state index contributed by atoms with van der Waals surface area (Å²) in [6, 6.07) is -0.384. The van der Waals surface area contributed by atoms with Crippen molar-refractivity contribution >= 4 is 6.03 Å². The fourth-order valence-electron chi connectivity index (χ4n) is 0.492. The number of rotatable bonds is 2. The molecule has 0 aromatic heterocycles. The molecule has 0 aliphatic rings. The van der Waals surface area contributed by atoms with Crippen LogP contribution in [0.15, 0.2) is 0 Å². The Bertz CT molecular complexity index is 148. The van der Waals surface area contributed by atoms with Crippen LogP contribution in [0, 0.1) is 12.3 Å². The summed E-state index contributed by atoms with van der Waals surface area (Å²) in [5.74, 6) is 2.44. The third-order valence-electron chi connectivity index (χ3n) is 1.14. The monoisotopic (exact) mass is 140 g/mol. The fourth-order valence-corrected chi connectivity index (χ4v) is 0.492. The fraction of sp³-hybridized carbons (Fsp3) is 0.571. The molecule has 56 valence electrons. The molecule has 0 aliphatic heterocycles.